The topological polar surface area (TPSA) is 26.3 Å². The molecule has 28 heavy (non-hydrogen) atoms. The first-order valence-electron chi connectivity index (χ1n) is 10.9. The van der Waals surface area contributed by atoms with Crippen molar-refractivity contribution >= 4 is 5.97 Å². The number of benzene rings is 2. The molecule has 2 aliphatic heterocycles. The molecule has 2 aromatic rings. The predicted octanol–water partition coefficient (Wildman–Crippen LogP) is 4.36. The highest BCUT2D eigenvalue weighted by Gasteiger charge is 2.95. The van der Waals surface area contributed by atoms with Gasteiger partial charge in [-0.2, -0.15) is 0 Å². The number of hydrogen-bond acceptors (Lipinski definition) is 2. The van der Waals surface area contributed by atoms with Crippen molar-refractivity contribution in [3.8, 4) is 0 Å². The van der Waals surface area contributed by atoms with Crippen molar-refractivity contribution in [2.75, 3.05) is 19.7 Å². The van der Waals surface area contributed by atoms with Crippen LogP contribution in [0.2, 0.25) is 0 Å². The summed E-state index contributed by atoms with van der Waals surface area (Å²) in [6.07, 6.45) is 5.28. The van der Waals surface area contributed by atoms with E-state index in [1.54, 1.807) is 0 Å². The smallest absolute Gasteiger partial charge is 0.375 e. The molecule has 3 nitrogen and oxygen atoms in total. The molecular weight excluding hydrogens is 346 g/mol. The van der Waals surface area contributed by atoms with Crippen LogP contribution in [0.15, 0.2) is 48.5 Å². The maximum absolute atomic E-state index is 13.7. The zero-order chi connectivity index (χ0) is 19.4. The number of likely N-dealkylation sites (N-methyl/N-ethyl adjacent to an activating group) is 1. The van der Waals surface area contributed by atoms with Gasteiger partial charge in [-0.1, -0.05) is 48.5 Å². The van der Waals surface area contributed by atoms with Gasteiger partial charge < -0.3 is 4.74 Å². The number of piperidine rings is 1. The van der Waals surface area contributed by atoms with E-state index in [1.807, 2.05) is 6.92 Å². The molecule has 3 aliphatic rings. The number of aryl methyl sites for hydroxylation is 2. The Bertz CT molecular complexity index is 888. The van der Waals surface area contributed by atoms with Gasteiger partial charge in [0.1, 0.15) is 0 Å². The quantitative estimate of drug-likeness (QED) is 0.452. The molecule has 2 fully saturated rings. The van der Waals surface area contributed by atoms with Gasteiger partial charge >= 0.3 is 5.97 Å². The lowest BCUT2D eigenvalue weighted by atomic mass is 9.76. The fraction of sp³-hybridized carbons (Fsp3) is 0.480. The zero-order valence-electron chi connectivity index (χ0n) is 17.0. The SMILES string of the molecule is CCOC(=O)C12CCCC[N@+]1(CC)C21c2ccccc2CCc2ccccc21. The van der Waals surface area contributed by atoms with Crippen LogP contribution in [0.4, 0.5) is 0 Å². The van der Waals surface area contributed by atoms with Gasteiger partial charge in [0.15, 0.2) is 0 Å². The lowest BCUT2D eigenvalue weighted by Gasteiger charge is -2.29. The third-order valence-corrected chi connectivity index (χ3v) is 7.88. The molecule has 2 saturated heterocycles. The number of carbonyl (C=O) groups excluding carboxylic acids is 1. The number of carbonyl (C=O) groups is 1. The van der Waals surface area contributed by atoms with Gasteiger partial charge in [-0.25, -0.2) is 4.79 Å². The third-order valence-electron chi connectivity index (χ3n) is 7.88. The fourth-order valence-electron chi connectivity index (χ4n) is 7.04. The number of rotatable bonds is 3. The minimum Gasteiger partial charge on any atom is -0.461 e. The summed E-state index contributed by atoms with van der Waals surface area (Å²) in [7, 11) is 0. The molecule has 0 bridgehead atoms. The first-order valence-corrected chi connectivity index (χ1v) is 10.9. The Kier molecular flexibility index (Phi) is 3.96. The summed E-state index contributed by atoms with van der Waals surface area (Å²) in [5.74, 6) is 0.0167. The Labute approximate surface area is 167 Å². The summed E-state index contributed by atoms with van der Waals surface area (Å²) in [4.78, 5) is 13.7. The molecule has 5 rings (SSSR count). The normalized spacial score (nSPS) is 29.2. The number of quaternary nitrogens is 1. The lowest BCUT2D eigenvalue weighted by molar-refractivity contribution is -0.853. The summed E-state index contributed by atoms with van der Waals surface area (Å²) in [6.45, 7) is 6.66. The summed E-state index contributed by atoms with van der Waals surface area (Å²) in [5.41, 5.74) is 4.78. The first-order chi connectivity index (χ1) is 13.7. The van der Waals surface area contributed by atoms with Gasteiger partial charge in [-0.3, -0.25) is 4.48 Å². The number of nitrogens with zero attached hydrogens (tertiary/aromatic N) is 1. The summed E-state index contributed by atoms with van der Waals surface area (Å²) >= 11 is 0. The lowest BCUT2D eigenvalue weighted by Crippen LogP contribution is -2.45. The second kappa shape index (κ2) is 6.18. The first kappa shape index (κ1) is 17.9. The van der Waals surface area contributed by atoms with E-state index in [1.165, 1.54) is 28.7 Å². The van der Waals surface area contributed by atoms with Crippen molar-refractivity contribution in [1.82, 2.24) is 0 Å². The van der Waals surface area contributed by atoms with E-state index >= 15 is 0 Å². The summed E-state index contributed by atoms with van der Waals surface area (Å²) < 4.78 is 6.64. The molecule has 1 spiro atoms. The van der Waals surface area contributed by atoms with E-state index in [0.29, 0.717) is 6.61 Å². The van der Waals surface area contributed by atoms with Crippen molar-refractivity contribution in [2.45, 2.75) is 57.0 Å². The maximum Gasteiger partial charge on any atom is 0.375 e. The van der Waals surface area contributed by atoms with Gasteiger partial charge in [0.25, 0.3) is 5.54 Å². The van der Waals surface area contributed by atoms with E-state index in [-0.39, 0.29) is 11.5 Å². The highest BCUT2D eigenvalue weighted by atomic mass is 16.5. The van der Waals surface area contributed by atoms with Crippen LogP contribution in [0.5, 0.6) is 0 Å². The Morgan fingerprint density at radius 3 is 2.14 bits per heavy atom. The van der Waals surface area contributed by atoms with E-state index in [9.17, 15) is 4.79 Å². The van der Waals surface area contributed by atoms with Crippen molar-refractivity contribution < 1.29 is 14.0 Å². The average Bonchev–Trinajstić information content (AvgIpc) is 3.36. The third kappa shape index (κ3) is 1.82. The predicted molar refractivity (Wildman–Crippen MR) is 110 cm³/mol. The van der Waals surface area contributed by atoms with Crippen LogP contribution < -0.4 is 0 Å². The summed E-state index contributed by atoms with van der Waals surface area (Å²) in [5, 5.41) is 0. The zero-order valence-corrected chi connectivity index (χ0v) is 17.0. The average molecular weight is 377 g/mol. The van der Waals surface area contributed by atoms with Crippen molar-refractivity contribution in [3.05, 3.63) is 70.8 Å². The van der Waals surface area contributed by atoms with Gasteiger partial charge in [0.2, 0.25) is 5.54 Å². The van der Waals surface area contributed by atoms with E-state index in [4.69, 9.17) is 4.74 Å². The fourth-order valence-corrected chi connectivity index (χ4v) is 7.04. The Balaban J connectivity index is 1.88. The Morgan fingerprint density at radius 1 is 0.964 bits per heavy atom. The molecule has 1 unspecified atom stereocenters. The van der Waals surface area contributed by atoms with Crippen LogP contribution in [-0.4, -0.2) is 35.7 Å². The highest BCUT2D eigenvalue weighted by Crippen LogP contribution is 2.74. The number of esters is 1. The second-order valence-electron chi connectivity index (χ2n) is 8.57. The maximum atomic E-state index is 13.7. The van der Waals surface area contributed by atoms with Crippen molar-refractivity contribution in [2.24, 2.45) is 0 Å². The standard InChI is InChI=1S/C25H30NO2/c1-3-26-18-10-9-17-24(26,23(27)28-4-2)25(26)21-13-7-5-11-19(21)15-16-20-12-6-8-14-22(20)25/h5-8,11-14H,3-4,9-10,15-18H2,1-2H3/q+1/t24?,26-/m0/s1. The van der Waals surface area contributed by atoms with Crippen molar-refractivity contribution in [3.63, 3.8) is 0 Å². The van der Waals surface area contributed by atoms with Crippen LogP contribution in [-0.2, 0) is 27.9 Å². The van der Waals surface area contributed by atoms with Gasteiger partial charge in [0, 0.05) is 17.5 Å². The molecule has 146 valence electrons. The molecule has 0 aromatic heterocycles. The molecular formula is C25H30NO2+. The Morgan fingerprint density at radius 2 is 1.57 bits per heavy atom. The molecule has 1 aliphatic carbocycles. The number of hydrogen-bond donors (Lipinski definition) is 0. The molecule has 2 aromatic carbocycles. The largest absolute Gasteiger partial charge is 0.461 e. The van der Waals surface area contributed by atoms with Crippen LogP contribution in [0.3, 0.4) is 0 Å². The van der Waals surface area contributed by atoms with Crippen molar-refractivity contribution in [1.29, 1.82) is 0 Å². The monoisotopic (exact) mass is 376 g/mol. The van der Waals surface area contributed by atoms with E-state index < -0.39 is 5.54 Å². The Hall–Kier alpha value is -2.13. The number of fused-ring (bicyclic) bond motifs is 7. The molecule has 0 N–H and O–H groups in total. The molecule has 0 saturated carbocycles. The van der Waals surface area contributed by atoms with E-state index in [0.717, 1.165) is 43.3 Å². The second-order valence-corrected chi connectivity index (χ2v) is 8.57. The molecule has 2 atom stereocenters. The van der Waals surface area contributed by atoms with Gasteiger partial charge in [0.05, 0.1) is 19.7 Å². The minimum absolute atomic E-state index is 0.0167. The van der Waals surface area contributed by atoms with Gasteiger partial charge in [-0.15, -0.1) is 0 Å². The molecule has 2 heterocycles. The van der Waals surface area contributed by atoms with Crippen LogP contribution in [0, 0.1) is 0 Å². The molecule has 0 amide bonds. The van der Waals surface area contributed by atoms with Gasteiger partial charge in [-0.05, 0) is 50.7 Å². The van der Waals surface area contributed by atoms with Crippen LogP contribution in [0.1, 0.15) is 55.4 Å². The van der Waals surface area contributed by atoms with Crippen LogP contribution in [0.25, 0.3) is 0 Å². The van der Waals surface area contributed by atoms with Crippen LogP contribution >= 0.6 is 0 Å². The highest BCUT2D eigenvalue weighted by molar-refractivity contribution is 5.87. The molecule has 3 heteroatoms. The number of ether oxygens (including phenoxy) is 1. The summed E-state index contributed by atoms with van der Waals surface area (Å²) in [6, 6.07) is 17.8. The van der Waals surface area contributed by atoms with E-state index in [2.05, 4.69) is 55.5 Å². The minimum atomic E-state index is -0.480. The molecule has 0 radical (unpaired) electrons.